The molecule has 9 heavy (non-hydrogen) atoms. The zero-order chi connectivity index (χ0) is 7.28. The van der Waals surface area contributed by atoms with Gasteiger partial charge >= 0.3 is 0 Å². The van der Waals surface area contributed by atoms with E-state index in [0.29, 0.717) is 0 Å². The van der Waals surface area contributed by atoms with Crippen molar-refractivity contribution in [1.29, 1.82) is 0 Å². The standard InChI is InChI=1S/C6H12BNO/c1-3-4-5(8-2)6(7)9/h3-5,8H,7H2,1-2H3/b4-3+. The number of carbonyl (C=O) groups is 1. The zero-order valence-electron chi connectivity index (χ0n) is 6.14. The number of hydrogen-bond donors (Lipinski definition) is 1. The molecule has 0 heterocycles. The van der Waals surface area contributed by atoms with Crippen LogP contribution in [0.25, 0.3) is 0 Å². The maximum Gasteiger partial charge on any atom is 0.189 e. The first-order valence-corrected chi connectivity index (χ1v) is 3.03. The van der Waals surface area contributed by atoms with E-state index in [0.717, 1.165) is 0 Å². The van der Waals surface area contributed by atoms with E-state index in [4.69, 9.17) is 0 Å². The predicted molar refractivity (Wildman–Crippen MR) is 41.2 cm³/mol. The van der Waals surface area contributed by atoms with Gasteiger partial charge in [0, 0.05) is 0 Å². The van der Waals surface area contributed by atoms with Crippen LogP contribution in [0.5, 0.6) is 0 Å². The summed E-state index contributed by atoms with van der Waals surface area (Å²) >= 11 is 0. The molecule has 0 rings (SSSR count). The average Bonchev–Trinajstić information content (AvgIpc) is 1.82. The van der Waals surface area contributed by atoms with Crippen LogP contribution in [0.15, 0.2) is 12.2 Å². The number of rotatable bonds is 3. The highest BCUT2D eigenvalue weighted by atomic mass is 16.1. The predicted octanol–water partition coefficient (Wildman–Crippen LogP) is -0.690. The van der Waals surface area contributed by atoms with Crippen LogP contribution in [0.4, 0.5) is 0 Å². The van der Waals surface area contributed by atoms with Crippen molar-refractivity contribution in [3.8, 4) is 0 Å². The van der Waals surface area contributed by atoms with Crippen molar-refractivity contribution >= 4 is 13.5 Å². The van der Waals surface area contributed by atoms with Crippen molar-refractivity contribution in [2.45, 2.75) is 13.0 Å². The van der Waals surface area contributed by atoms with Gasteiger partial charge in [0.15, 0.2) is 7.85 Å². The van der Waals surface area contributed by atoms with Gasteiger partial charge in [0.1, 0.15) is 5.68 Å². The fourth-order valence-electron chi connectivity index (χ4n) is 0.627. The Kier molecular flexibility index (Phi) is 4.06. The highest BCUT2D eigenvalue weighted by molar-refractivity contribution is 6.59. The minimum atomic E-state index is -0.102. The molecule has 0 aromatic carbocycles. The largest absolute Gasteiger partial charge is 0.310 e. The number of carbonyl (C=O) groups excluding carboxylic acids is 1. The Hall–Kier alpha value is -0.565. The lowest BCUT2D eigenvalue weighted by Gasteiger charge is -2.05. The molecule has 0 saturated carbocycles. The summed E-state index contributed by atoms with van der Waals surface area (Å²) in [5.41, 5.74) is 0.149. The summed E-state index contributed by atoms with van der Waals surface area (Å²) < 4.78 is 0. The van der Waals surface area contributed by atoms with Crippen molar-refractivity contribution in [3.05, 3.63) is 12.2 Å². The Labute approximate surface area is 56.7 Å². The second kappa shape index (κ2) is 4.33. The number of hydrogen-bond acceptors (Lipinski definition) is 2. The lowest BCUT2D eigenvalue weighted by Crippen LogP contribution is -2.31. The molecule has 1 N–H and O–H groups in total. The molecular formula is C6H12BNO. The molecule has 0 fully saturated rings. The zero-order valence-corrected chi connectivity index (χ0v) is 6.14. The van der Waals surface area contributed by atoms with Crippen LogP contribution in [0.3, 0.4) is 0 Å². The summed E-state index contributed by atoms with van der Waals surface area (Å²) in [6.07, 6.45) is 3.70. The van der Waals surface area contributed by atoms with E-state index in [1.165, 1.54) is 0 Å². The number of nitrogens with one attached hydrogen (secondary N) is 1. The highest BCUT2D eigenvalue weighted by Gasteiger charge is 2.03. The Balaban J connectivity index is 3.83. The van der Waals surface area contributed by atoms with E-state index in [1.54, 1.807) is 14.9 Å². The smallest absolute Gasteiger partial charge is 0.189 e. The van der Waals surface area contributed by atoms with E-state index in [-0.39, 0.29) is 11.7 Å². The van der Waals surface area contributed by atoms with Crippen LogP contribution in [0.1, 0.15) is 6.92 Å². The Morgan fingerprint density at radius 3 is 2.44 bits per heavy atom. The van der Waals surface area contributed by atoms with Gasteiger partial charge in [0.05, 0.1) is 6.04 Å². The lowest BCUT2D eigenvalue weighted by atomic mass is 9.95. The molecule has 2 nitrogen and oxygen atoms in total. The first-order chi connectivity index (χ1) is 4.22. The van der Waals surface area contributed by atoms with E-state index >= 15 is 0 Å². The van der Waals surface area contributed by atoms with E-state index in [2.05, 4.69) is 5.32 Å². The second-order valence-electron chi connectivity index (χ2n) is 1.90. The lowest BCUT2D eigenvalue weighted by molar-refractivity contribution is -0.112. The maximum absolute atomic E-state index is 10.7. The Morgan fingerprint density at radius 2 is 2.33 bits per heavy atom. The van der Waals surface area contributed by atoms with Gasteiger partial charge in [-0.3, -0.25) is 0 Å². The average molecular weight is 125 g/mol. The molecule has 0 spiro atoms. The SMILES string of the molecule is BC(=O)C(/C=C/C)NC. The van der Waals surface area contributed by atoms with Crippen LogP contribution in [-0.2, 0) is 4.79 Å². The van der Waals surface area contributed by atoms with Crippen LogP contribution < -0.4 is 5.32 Å². The van der Waals surface area contributed by atoms with Crippen molar-refractivity contribution in [1.82, 2.24) is 5.32 Å². The quantitative estimate of drug-likeness (QED) is 0.399. The van der Waals surface area contributed by atoms with Crippen LogP contribution in [0, 0.1) is 0 Å². The molecule has 50 valence electrons. The molecule has 1 unspecified atom stereocenters. The van der Waals surface area contributed by atoms with Crippen LogP contribution in [0.2, 0.25) is 0 Å². The molecule has 0 aromatic heterocycles. The van der Waals surface area contributed by atoms with Gasteiger partial charge in [-0.2, -0.15) is 0 Å². The minimum Gasteiger partial charge on any atom is -0.310 e. The highest BCUT2D eigenvalue weighted by Crippen LogP contribution is 1.83. The third kappa shape index (κ3) is 3.09. The molecular weight excluding hydrogens is 113 g/mol. The fraction of sp³-hybridized carbons (Fsp3) is 0.500. The third-order valence-electron chi connectivity index (χ3n) is 1.13. The normalized spacial score (nSPS) is 14.0. The topological polar surface area (TPSA) is 29.1 Å². The monoisotopic (exact) mass is 125 g/mol. The fourth-order valence-corrected chi connectivity index (χ4v) is 0.627. The third-order valence-corrected chi connectivity index (χ3v) is 1.13. The summed E-state index contributed by atoms with van der Waals surface area (Å²) in [6, 6.07) is -0.102. The van der Waals surface area contributed by atoms with Crippen LogP contribution >= 0.6 is 0 Å². The van der Waals surface area contributed by atoms with Crippen molar-refractivity contribution in [2.75, 3.05) is 7.05 Å². The summed E-state index contributed by atoms with van der Waals surface area (Å²) in [5.74, 6) is 0. The van der Waals surface area contributed by atoms with Crippen molar-refractivity contribution in [2.24, 2.45) is 0 Å². The molecule has 0 bridgehead atoms. The van der Waals surface area contributed by atoms with Gasteiger partial charge in [-0.1, -0.05) is 12.2 Å². The Bertz CT molecular complexity index is 122. The molecule has 1 atom stereocenters. The first kappa shape index (κ1) is 8.43. The molecule has 0 aliphatic rings. The van der Waals surface area contributed by atoms with Gasteiger partial charge in [0.2, 0.25) is 0 Å². The van der Waals surface area contributed by atoms with Gasteiger partial charge < -0.3 is 10.1 Å². The minimum absolute atomic E-state index is 0.102. The summed E-state index contributed by atoms with van der Waals surface area (Å²) in [6.45, 7) is 1.90. The van der Waals surface area contributed by atoms with Crippen molar-refractivity contribution < 1.29 is 4.79 Å². The maximum atomic E-state index is 10.7. The molecule has 0 saturated heterocycles. The first-order valence-electron chi connectivity index (χ1n) is 3.03. The molecule has 0 aromatic rings. The van der Waals surface area contributed by atoms with E-state index in [1.807, 2.05) is 19.1 Å². The van der Waals surface area contributed by atoms with Crippen molar-refractivity contribution in [3.63, 3.8) is 0 Å². The number of allylic oxidation sites excluding steroid dienone is 1. The van der Waals surface area contributed by atoms with Gasteiger partial charge in [-0.05, 0) is 14.0 Å². The van der Waals surface area contributed by atoms with Gasteiger partial charge in [-0.15, -0.1) is 0 Å². The molecule has 0 aliphatic carbocycles. The van der Waals surface area contributed by atoms with Gasteiger partial charge in [0.25, 0.3) is 0 Å². The van der Waals surface area contributed by atoms with Gasteiger partial charge in [-0.25, -0.2) is 0 Å². The van der Waals surface area contributed by atoms with Crippen LogP contribution in [-0.4, -0.2) is 26.6 Å². The summed E-state index contributed by atoms with van der Waals surface area (Å²) in [4.78, 5) is 10.7. The number of likely N-dealkylation sites (N-methyl/N-ethyl adjacent to an activating group) is 1. The van der Waals surface area contributed by atoms with E-state index < -0.39 is 0 Å². The molecule has 0 radical (unpaired) electrons. The molecule has 0 amide bonds. The molecule has 3 heteroatoms. The second-order valence-corrected chi connectivity index (χ2v) is 1.90. The Morgan fingerprint density at radius 1 is 1.78 bits per heavy atom. The van der Waals surface area contributed by atoms with E-state index in [9.17, 15) is 4.79 Å². The summed E-state index contributed by atoms with van der Waals surface area (Å²) in [7, 11) is 3.34. The summed E-state index contributed by atoms with van der Waals surface area (Å²) in [5, 5.41) is 2.87. The molecule has 0 aliphatic heterocycles.